The van der Waals surface area contributed by atoms with Gasteiger partial charge in [0.2, 0.25) is 6.29 Å². The Labute approximate surface area is 137 Å². The number of nitrogens with one attached hydrogen (secondary N) is 1. The molecule has 2 rings (SSSR count). The number of hydrogen-bond donors (Lipinski definition) is 6. The summed E-state index contributed by atoms with van der Waals surface area (Å²) < 4.78 is 10.7. The highest BCUT2D eigenvalue weighted by Crippen LogP contribution is 2.24. The van der Waals surface area contributed by atoms with Gasteiger partial charge in [-0.05, 0) is 23.8 Å². The monoisotopic (exact) mass is 341 g/mol. The van der Waals surface area contributed by atoms with E-state index in [1.54, 1.807) is 12.1 Å². The van der Waals surface area contributed by atoms with Crippen molar-refractivity contribution in [2.45, 2.75) is 30.7 Å². The van der Waals surface area contributed by atoms with Crippen LogP contribution in [-0.2, 0) is 9.53 Å². The highest BCUT2D eigenvalue weighted by atomic mass is 16.7. The lowest BCUT2D eigenvalue weighted by atomic mass is 9.99. The second kappa shape index (κ2) is 8.20. The minimum Gasteiger partial charge on any atom is -0.462 e. The molecule has 0 radical (unpaired) electrons. The van der Waals surface area contributed by atoms with Crippen LogP contribution in [0.15, 0.2) is 30.3 Å². The lowest BCUT2D eigenvalue weighted by molar-refractivity contribution is -0.277. The Morgan fingerprint density at radius 2 is 1.83 bits per heavy atom. The zero-order chi connectivity index (χ0) is 17.7. The molecule has 0 aromatic heterocycles. The van der Waals surface area contributed by atoms with Crippen LogP contribution >= 0.6 is 0 Å². The van der Waals surface area contributed by atoms with Crippen LogP contribution in [0.1, 0.15) is 5.56 Å². The zero-order valence-corrected chi connectivity index (χ0v) is 12.5. The number of ether oxygens (including phenoxy) is 2. The molecule has 9 heteroatoms. The number of rotatable bonds is 5. The molecule has 1 saturated heterocycles. The molecule has 6 N–H and O–H groups in total. The van der Waals surface area contributed by atoms with E-state index in [4.69, 9.17) is 19.8 Å². The van der Waals surface area contributed by atoms with Crippen molar-refractivity contribution in [3.8, 4) is 5.75 Å². The van der Waals surface area contributed by atoms with Crippen molar-refractivity contribution < 1.29 is 39.9 Å². The van der Waals surface area contributed by atoms with Crippen molar-refractivity contribution in [1.29, 1.82) is 0 Å². The normalized spacial score (nSPS) is 30.3. The largest absolute Gasteiger partial charge is 0.462 e. The minimum absolute atomic E-state index is 0.308. The fourth-order valence-electron chi connectivity index (χ4n) is 2.17. The maximum Gasteiger partial charge on any atom is 0.267 e. The van der Waals surface area contributed by atoms with E-state index in [0.717, 1.165) is 6.08 Å². The number of benzene rings is 1. The van der Waals surface area contributed by atoms with Crippen LogP contribution in [0.4, 0.5) is 0 Å². The molecule has 1 aromatic rings. The van der Waals surface area contributed by atoms with Gasteiger partial charge in [0.25, 0.3) is 5.91 Å². The van der Waals surface area contributed by atoms with E-state index in [0.29, 0.717) is 11.3 Å². The van der Waals surface area contributed by atoms with E-state index in [1.165, 1.54) is 23.7 Å². The zero-order valence-electron chi connectivity index (χ0n) is 12.5. The second-order valence-corrected chi connectivity index (χ2v) is 5.19. The maximum absolute atomic E-state index is 10.9. The molecule has 0 saturated carbocycles. The van der Waals surface area contributed by atoms with Gasteiger partial charge in [-0.1, -0.05) is 12.1 Å². The molecule has 5 atom stereocenters. The van der Waals surface area contributed by atoms with Crippen molar-refractivity contribution in [3.63, 3.8) is 0 Å². The Bertz CT molecular complexity index is 573. The van der Waals surface area contributed by atoms with Gasteiger partial charge in [-0.15, -0.1) is 0 Å². The summed E-state index contributed by atoms with van der Waals surface area (Å²) in [6, 6.07) is 6.30. The number of carbonyl (C=O) groups is 1. The van der Waals surface area contributed by atoms with Crippen LogP contribution in [0.2, 0.25) is 0 Å². The van der Waals surface area contributed by atoms with E-state index in [1.807, 2.05) is 0 Å². The first-order valence-electron chi connectivity index (χ1n) is 7.15. The third-order valence-corrected chi connectivity index (χ3v) is 3.52. The summed E-state index contributed by atoms with van der Waals surface area (Å²) in [5, 5.41) is 46.8. The maximum atomic E-state index is 10.9. The van der Waals surface area contributed by atoms with Crippen molar-refractivity contribution in [2.75, 3.05) is 6.61 Å². The van der Waals surface area contributed by atoms with Gasteiger partial charge in [0.15, 0.2) is 0 Å². The van der Waals surface area contributed by atoms with Gasteiger partial charge in [-0.3, -0.25) is 10.0 Å². The van der Waals surface area contributed by atoms with Gasteiger partial charge in [-0.2, -0.15) is 0 Å². The van der Waals surface area contributed by atoms with Crippen molar-refractivity contribution in [1.82, 2.24) is 5.48 Å². The van der Waals surface area contributed by atoms with Crippen LogP contribution in [-0.4, -0.2) is 68.9 Å². The summed E-state index contributed by atoms with van der Waals surface area (Å²) in [6.07, 6.45) is -4.17. The Balaban J connectivity index is 2.02. The average molecular weight is 341 g/mol. The molecule has 1 aliphatic heterocycles. The van der Waals surface area contributed by atoms with Crippen LogP contribution in [0.25, 0.3) is 6.08 Å². The lowest BCUT2D eigenvalue weighted by Gasteiger charge is -2.39. The summed E-state index contributed by atoms with van der Waals surface area (Å²) in [4.78, 5) is 10.9. The Morgan fingerprint density at radius 3 is 2.42 bits per heavy atom. The van der Waals surface area contributed by atoms with E-state index >= 15 is 0 Å². The molecule has 1 aliphatic rings. The average Bonchev–Trinajstić information content (AvgIpc) is 2.61. The lowest BCUT2D eigenvalue weighted by Crippen LogP contribution is -2.60. The predicted molar refractivity (Wildman–Crippen MR) is 79.8 cm³/mol. The summed E-state index contributed by atoms with van der Waals surface area (Å²) >= 11 is 0. The molecule has 1 heterocycles. The first-order valence-corrected chi connectivity index (χ1v) is 7.15. The van der Waals surface area contributed by atoms with Gasteiger partial charge in [0.1, 0.15) is 30.2 Å². The summed E-state index contributed by atoms with van der Waals surface area (Å²) in [5.74, 6) is -0.361. The number of hydrogen-bond acceptors (Lipinski definition) is 8. The van der Waals surface area contributed by atoms with E-state index in [-0.39, 0.29) is 0 Å². The Morgan fingerprint density at radius 1 is 1.17 bits per heavy atom. The molecular weight excluding hydrogens is 322 g/mol. The fourth-order valence-corrected chi connectivity index (χ4v) is 2.17. The van der Waals surface area contributed by atoms with Gasteiger partial charge >= 0.3 is 0 Å². The summed E-state index contributed by atoms with van der Waals surface area (Å²) in [6.45, 7) is -0.540. The SMILES string of the molecule is O=C(/C=C/c1ccc(O[C@H]2O[C@H](CO)[C@@H](O)[C@H](O)[C@H]2O)cc1)NO. The highest BCUT2D eigenvalue weighted by molar-refractivity contribution is 5.90. The molecule has 0 aliphatic carbocycles. The van der Waals surface area contributed by atoms with Crippen LogP contribution < -0.4 is 10.2 Å². The second-order valence-electron chi connectivity index (χ2n) is 5.19. The fraction of sp³-hybridized carbons (Fsp3) is 0.400. The third kappa shape index (κ3) is 4.29. The summed E-state index contributed by atoms with van der Waals surface area (Å²) in [7, 11) is 0. The molecule has 1 aromatic carbocycles. The third-order valence-electron chi connectivity index (χ3n) is 3.52. The van der Waals surface area contributed by atoms with E-state index < -0.39 is 43.2 Å². The number of carbonyl (C=O) groups excluding carboxylic acids is 1. The summed E-state index contributed by atoms with van der Waals surface area (Å²) in [5.41, 5.74) is 2.12. The molecule has 1 amide bonds. The molecule has 0 unspecified atom stereocenters. The standard InChI is InChI=1S/C15H19NO8/c17-7-10-12(19)13(20)14(21)15(24-10)23-9-4-1-8(2-5-9)3-6-11(18)16-22/h1-6,10,12-15,17,19-22H,7H2,(H,16,18)/b6-3+/t10-,12-,13+,14-,15+/m1/s1. The molecule has 1 fully saturated rings. The Hall–Kier alpha value is -2.01. The van der Waals surface area contributed by atoms with Crippen LogP contribution in [0.5, 0.6) is 5.75 Å². The van der Waals surface area contributed by atoms with Gasteiger partial charge < -0.3 is 29.9 Å². The molecule has 9 nitrogen and oxygen atoms in total. The minimum atomic E-state index is -1.51. The van der Waals surface area contributed by atoms with E-state index in [9.17, 15) is 20.1 Å². The number of aliphatic hydroxyl groups is 4. The van der Waals surface area contributed by atoms with Gasteiger partial charge in [0.05, 0.1) is 6.61 Å². The smallest absolute Gasteiger partial charge is 0.267 e. The number of amides is 1. The Kier molecular flexibility index (Phi) is 6.26. The van der Waals surface area contributed by atoms with Crippen molar-refractivity contribution >= 4 is 12.0 Å². The van der Waals surface area contributed by atoms with E-state index in [2.05, 4.69) is 0 Å². The molecule has 0 spiro atoms. The number of aliphatic hydroxyl groups excluding tert-OH is 4. The van der Waals surface area contributed by atoms with Crippen molar-refractivity contribution in [2.24, 2.45) is 0 Å². The molecule has 0 bridgehead atoms. The van der Waals surface area contributed by atoms with Gasteiger partial charge in [0, 0.05) is 6.08 Å². The topological polar surface area (TPSA) is 149 Å². The van der Waals surface area contributed by atoms with Crippen LogP contribution in [0, 0.1) is 0 Å². The highest BCUT2D eigenvalue weighted by Gasteiger charge is 2.44. The first-order chi connectivity index (χ1) is 11.5. The molecular formula is C15H19NO8. The predicted octanol–water partition coefficient (Wildman–Crippen LogP) is -1.62. The molecule has 132 valence electrons. The van der Waals surface area contributed by atoms with Gasteiger partial charge in [-0.25, -0.2) is 5.48 Å². The quantitative estimate of drug-likeness (QED) is 0.213. The number of hydroxylamine groups is 1. The molecule has 24 heavy (non-hydrogen) atoms. The first kappa shape index (κ1) is 18.3. The van der Waals surface area contributed by atoms with Crippen molar-refractivity contribution in [3.05, 3.63) is 35.9 Å². The van der Waals surface area contributed by atoms with Crippen LogP contribution in [0.3, 0.4) is 0 Å².